The van der Waals surface area contributed by atoms with Crippen molar-refractivity contribution in [3.8, 4) is 0 Å². The predicted octanol–water partition coefficient (Wildman–Crippen LogP) is 3.75. The van der Waals surface area contributed by atoms with Gasteiger partial charge < -0.3 is 19.7 Å². The molecule has 178 valence electrons. The topological polar surface area (TPSA) is 102 Å². The van der Waals surface area contributed by atoms with Crippen molar-refractivity contribution in [3.63, 3.8) is 0 Å². The average molecular weight is 505 g/mol. The monoisotopic (exact) mass is 504 g/mol. The summed E-state index contributed by atoms with van der Waals surface area (Å²) in [5, 5.41) is 3.25. The molecule has 2 atom stereocenters. The van der Waals surface area contributed by atoms with Gasteiger partial charge in [-0.15, -0.1) is 0 Å². The first kappa shape index (κ1) is 24.2. The molecule has 0 aromatic heterocycles. The Kier molecular flexibility index (Phi) is 7.50. The van der Waals surface area contributed by atoms with Gasteiger partial charge >= 0.3 is 5.97 Å². The molecule has 1 N–H and O–H groups in total. The molecule has 2 aliphatic heterocycles. The lowest BCUT2D eigenvalue weighted by atomic mass is 10.1. The number of ether oxygens (including phenoxy) is 2. The molecular weight excluding hydrogens is 483 g/mol. The molecule has 0 radical (unpaired) electrons. The number of carbonyl (C=O) groups excluding carboxylic acids is 4. The van der Waals surface area contributed by atoms with E-state index in [1.807, 2.05) is 0 Å². The summed E-state index contributed by atoms with van der Waals surface area (Å²) in [6, 6.07) is 10.5. The minimum atomic E-state index is -0.781. The lowest BCUT2D eigenvalue weighted by Gasteiger charge is -2.34. The number of hydrogen-bond acceptors (Lipinski definition) is 6. The van der Waals surface area contributed by atoms with Crippen LogP contribution in [-0.2, 0) is 19.1 Å². The molecule has 2 aromatic rings. The lowest BCUT2D eigenvalue weighted by Crippen LogP contribution is -2.51. The summed E-state index contributed by atoms with van der Waals surface area (Å²) < 4.78 is 10.7. The fraction of sp³-hybridized carbons (Fsp3) is 0.333. The number of amides is 2. The van der Waals surface area contributed by atoms with Crippen LogP contribution in [0, 0.1) is 0 Å². The van der Waals surface area contributed by atoms with Gasteiger partial charge in [-0.3, -0.25) is 14.4 Å². The second-order valence-corrected chi connectivity index (χ2v) is 8.92. The number of nitrogens with one attached hydrogen (secondary N) is 1. The summed E-state index contributed by atoms with van der Waals surface area (Å²) in [6.07, 6.45) is 1.03. The lowest BCUT2D eigenvalue weighted by molar-refractivity contribution is -0.158. The van der Waals surface area contributed by atoms with E-state index < -0.39 is 24.5 Å². The molecule has 2 unspecified atom stereocenters. The molecule has 2 heterocycles. The number of fused-ring (bicyclic) bond motifs is 1. The summed E-state index contributed by atoms with van der Waals surface area (Å²) >= 11 is 11.7. The van der Waals surface area contributed by atoms with Gasteiger partial charge in [0.25, 0.3) is 5.91 Å². The minimum absolute atomic E-state index is 0.0807. The summed E-state index contributed by atoms with van der Waals surface area (Å²) in [6.45, 7) is 0.707. The highest BCUT2D eigenvalue weighted by Crippen LogP contribution is 2.25. The first-order valence-electron chi connectivity index (χ1n) is 10.8. The van der Waals surface area contributed by atoms with E-state index >= 15 is 0 Å². The van der Waals surface area contributed by atoms with Gasteiger partial charge in [-0.1, -0.05) is 23.2 Å². The van der Waals surface area contributed by atoms with E-state index in [1.165, 1.54) is 42.5 Å². The Morgan fingerprint density at radius 2 is 1.79 bits per heavy atom. The first-order valence-corrected chi connectivity index (χ1v) is 11.5. The largest absolute Gasteiger partial charge is 0.454 e. The maximum absolute atomic E-state index is 12.5. The Morgan fingerprint density at radius 1 is 1.06 bits per heavy atom. The van der Waals surface area contributed by atoms with Gasteiger partial charge in [-0.2, -0.15) is 0 Å². The molecular formula is C24H22Cl2N2O6. The number of rotatable bonds is 7. The van der Waals surface area contributed by atoms with E-state index in [4.69, 9.17) is 32.7 Å². The molecule has 4 rings (SSSR count). The third kappa shape index (κ3) is 5.58. The van der Waals surface area contributed by atoms with Crippen LogP contribution in [0.1, 0.15) is 40.0 Å². The number of ketones is 1. The normalized spacial score (nSPS) is 19.5. The van der Waals surface area contributed by atoms with Crippen molar-refractivity contribution in [2.45, 2.75) is 31.4 Å². The zero-order chi connectivity index (χ0) is 24.2. The zero-order valence-corrected chi connectivity index (χ0v) is 19.6. The van der Waals surface area contributed by atoms with Crippen molar-refractivity contribution in [1.29, 1.82) is 0 Å². The van der Waals surface area contributed by atoms with Gasteiger partial charge in [0.2, 0.25) is 5.91 Å². The standard InChI is InChI=1S/C24H22Cl2N2O6/c25-18-8-5-15(10-19(18)26)20(29)13-34-24(32)14-3-6-16(7-4-14)27-22(30)11-21-23(31)28-9-1-2-17(28)12-33-21/h3-8,10,17,21H,1-2,9,11-13H2,(H,27,30). The van der Waals surface area contributed by atoms with Crippen molar-refractivity contribution in [2.75, 3.05) is 25.1 Å². The van der Waals surface area contributed by atoms with Gasteiger partial charge in [-0.25, -0.2) is 4.79 Å². The number of esters is 1. The maximum atomic E-state index is 12.5. The van der Waals surface area contributed by atoms with Gasteiger partial charge in [0, 0.05) is 17.8 Å². The van der Waals surface area contributed by atoms with E-state index in [1.54, 1.807) is 4.90 Å². The Labute approximate surface area is 206 Å². The highest BCUT2D eigenvalue weighted by molar-refractivity contribution is 6.42. The number of anilines is 1. The van der Waals surface area contributed by atoms with E-state index in [-0.39, 0.29) is 40.4 Å². The summed E-state index contributed by atoms with van der Waals surface area (Å²) in [4.78, 5) is 51.1. The Morgan fingerprint density at radius 3 is 2.53 bits per heavy atom. The van der Waals surface area contributed by atoms with E-state index in [0.29, 0.717) is 23.9 Å². The molecule has 0 bridgehead atoms. The number of halogens is 2. The van der Waals surface area contributed by atoms with Crippen LogP contribution in [0.25, 0.3) is 0 Å². The van der Waals surface area contributed by atoms with E-state index in [2.05, 4.69) is 5.32 Å². The summed E-state index contributed by atoms with van der Waals surface area (Å²) in [7, 11) is 0. The van der Waals surface area contributed by atoms with Crippen molar-refractivity contribution >= 4 is 52.5 Å². The van der Waals surface area contributed by atoms with Crippen LogP contribution in [0.15, 0.2) is 42.5 Å². The van der Waals surface area contributed by atoms with Crippen molar-refractivity contribution in [3.05, 3.63) is 63.6 Å². The Bertz CT molecular complexity index is 1120. The highest BCUT2D eigenvalue weighted by atomic mass is 35.5. The number of morpholine rings is 1. The molecule has 2 aromatic carbocycles. The predicted molar refractivity (Wildman–Crippen MR) is 125 cm³/mol. The van der Waals surface area contributed by atoms with Crippen LogP contribution in [0.4, 0.5) is 5.69 Å². The molecule has 2 amide bonds. The summed E-state index contributed by atoms with van der Waals surface area (Å²) in [5.41, 5.74) is 0.947. The van der Waals surface area contributed by atoms with Crippen LogP contribution < -0.4 is 5.32 Å². The summed E-state index contributed by atoms with van der Waals surface area (Å²) in [5.74, 6) is -1.61. The SMILES string of the molecule is O=C(CC1OCC2CCCN2C1=O)Nc1ccc(C(=O)OCC(=O)c2ccc(Cl)c(Cl)c2)cc1. The number of Topliss-reactive ketones (excluding diaryl/α,β-unsaturated/α-hetero) is 1. The molecule has 2 aliphatic rings. The van der Waals surface area contributed by atoms with E-state index in [0.717, 1.165) is 12.8 Å². The van der Waals surface area contributed by atoms with Crippen molar-refractivity contribution < 1.29 is 28.7 Å². The highest BCUT2D eigenvalue weighted by Gasteiger charge is 2.39. The van der Waals surface area contributed by atoms with Gasteiger partial charge in [0.15, 0.2) is 12.4 Å². The minimum Gasteiger partial charge on any atom is -0.454 e. The van der Waals surface area contributed by atoms with E-state index in [9.17, 15) is 19.2 Å². The maximum Gasteiger partial charge on any atom is 0.338 e. The van der Waals surface area contributed by atoms with Gasteiger partial charge in [-0.05, 0) is 55.3 Å². The fourth-order valence-electron chi connectivity index (χ4n) is 3.97. The molecule has 2 saturated heterocycles. The third-order valence-corrected chi connectivity index (χ3v) is 6.52. The Balaban J connectivity index is 1.26. The number of nitrogens with zero attached hydrogens (tertiary/aromatic N) is 1. The first-order chi connectivity index (χ1) is 16.3. The number of hydrogen-bond donors (Lipinski definition) is 1. The number of benzene rings is 2. The third-order valence-electron chi connectivity index (χ3n) is 5.78. The molecule has 2 fully saturated rings. The van der Waals surface area contributed by atoms with Crippen LogP contribution in [0.5, 0.6) is 0 Å². The smallest absolute Gasteiger partial charge is 0.338 e. The van der Waals surface area contributed by atoms with Crippen molar-refractivity contribution in [2.24, 2.45) is 0 Å². The van der Waals surface area contributed by atoms with Crippen LogP contribution in [-0.4, -0.2) is 60.4 Å². The molecule has 0 aliphatic carbocycles. The second kappa shape index (κ2) is 10.5. The van der Waals surface area contributed by atoms with Crippen LogP contribution in [0.3, 0.4) is 0 Å². The van der Waals surface area contributed by atoms with Crippen LogP contribution >= 0.6 is 23.2 Å². The van der Waals surface area contributed by atoms with Gasteiger partial charge in [0.1, 0.15) is 6.10 Å². The number of carbonyl (C=O) groups is 4. The molecule has 34 heavy (non-hydrogen) atoms. The molecule has 0 saturated carbocycles. The molecule has 8 nitrogen and oxygen atoms in total. The van der Waals surface area contributed by atoms with Crippen molar-refractivity contribution in [1.82, 2.24) is 4.90 Å². The second-order valence-electron chi connectivity index (χ2n) is 8.11. The fourth-order valence-corrected chi connectivity index (χ4v) is 4.26. The molecule has 10 heteroatoms. The average Bonchev–Trinajstić information content (AvgIpc) is 3.31. The zero-order valence-electron chi connectivity index (χ0n) is 18.1. The van der Waals surface area contributed by atoms with Gasteiger partial charge in [0.05, 0.1) is 34.7 Å². The molecule has 0 spiro atoms. The van der Waals surface area contributed by atoms with Crippen LogP contribution in [0.2, 0.25) is 10.0 Å². The Hall–Kier alpha value is -2.94. The quantitative estimate of drug-likeness (QED) is 0.455.